The molecule has 3 aromatic rings. The third-order valence-electron chi connectivity index (χ3n) is 3.20. The number of hydrogen-bond acceptors (Lipinski definition) is 4. The van der Waals surface area contributed by atoms with Gasteiger partial charge in [0.25, 0.3) is 5.91 Å². The molecule has 2 heterocycles. The maximum absolute atomic E-state index is 11.8. The van der Waals surface area contributed by atoms with Gasteiger partial charge >= 0.3 is 0 Å². The largest absolute Gasteiger partial charge is 0.484 e. The van der Waals surface area contributed by atoms with Crippen LogP contribution in [-0.4, -0.2) is 17.5 Å². The van der Waals surface area contributed by atoms with Gasteiger partial charge in [-0.1, -0.05) is 24.3 Å². The van der Waals surface area contributed by atoms with E-state index in [-0.39, 0.29) is 12.5 Å². The van der Waals surface area contributed by atoms with E-state index in [0.29, 0.717) is 12.3 Å². The van der Waals surface area contributed by atoms with E-state index in [1.807, 2.05) is 54.6 Å². The second-order valence-corrected chi connectivity index (χ2v) is 4.91. The number of aromatic nitrogens is 1. The van der Waals surface area contributed by atoms with Crippen LogP contribution in [-0.2, 0) is 11.3 Å². The van der Waals surface area contributed by atoms with Crippen LogP contribution < -0.4 is 10.1 Å². The standard InChI is InChI=1S/C18H16N2O3/c21-18(13-23-15-5-2-1-3-6-15)20-12-14-8-9-16(19-11-14)17-7-4-10-22-17/h1-11H,12-13H2,(H,20,21). The van der Waals surface area contributed by atoms with Crippen molar-refractivity contribution in [2.24, 2.45) is 0 Å². The van der Waals surface area contributed by atoms with Gasteiger partial charge in [0, 0.05) is 12.7 Å². The van der Waals surface area contributed by atoms with E-state index in [4.69, 9.17) is 9.15 Å². The first-order valence-corrected chi connectivity index (χ1v) is 7.24. The lowest BCUT2D eigenvalue weighted by atomic mass is 10.2. The molecular weight excluding hydrogens is 292 g/mol. The van der Waals surface area contributed by atoms with Gasteiger partial charge in [-0.25, -0.2) is 0 Å². The van der Waals surface area contributed by atoms with E-state index >= 15 is 0 Å². The summed E-state index contributed by atoms with van der Waals surface area (Å²) in [5.41, 5.74) is 1.67. The molecule has 0 aliphatic carbocycles. The first-order chi connectivity index (χ1) is 11.3. The molecule has 0 radical (unpaired) electrons. The topological polar surface area (TPSA) is 64.4 Å². The van der Waals surface area contributed by atoms with Gasteiger partial charge in [-0.2, -0.15) is 0 Å². The first kappa shape index (κ1) is 14.8. The zero-order chi connectivity index (χ0) is 15.9. The summed E-state index contributed by atoms with van der Waals surface area (Å²) in [6.45, 7) is 0.393. The Bertz CT molecular complexity index is 738. The van der Waals surface area contributed by atoms with Gasteiger partial charge in [-0.05, 0) is 35.9 Å². The molecule has 23 heavy (non-hydrogen) atoms. The van der Waals surface area contributed by atoms with Gasteiger partial charge in [0.15, 0.2) is 12.4 Å². The van der Waals surface area contributed by atoms with E-state index in [2.05, 4.69) is 10.3 Å². The highest BCUT2D eigenvalue weighted by Crippen LogP contribution is 2.17. The van der Waals surface area contributed by atoms with Crippen molar-refractivity contribution in [3.63, 3.8) is 0 Å². The van der Waals surface area contributed by atoms with Gasteiger partial charge in [0.05, 0.1) is 6.26 Å². The molecule has 0 saturated heterocycles. The van der Waals surface area contributed by atoms with Crippen molar-refractivity contribution in [3.05, 3.63) is 72.6 Å². The average Bonchev–Trinajstić information content (AvgIpc) is 3.14. The SMILES string of the molecule is O=C(COc1ccccc1)NCc1ccc(-c2ccco2)nc1. The number of nitrogens with one attached hydrogen (secondary N) is 1. The van der Waals surface area contributed by atoms with Crippen LogP contribution in [0.25, 0.3) is 11.5 Å². The Morgan fingerprint density at radius 3 is 2.65 bits per heavy atom. The molecule has 116 valence electrons. The molecular formula is C18H16N2O3. The van der Waals surface area contributed by atoms with Crippen molar-refractivity contribution in [2.45, 2.75) is 6.54 Å². The molecule has 0 aliphatic heterocycles. The average molecular weight is 308 g/mol. The van der Waals surface area contributed by atoms with Crippen molar-refractivity contribution in [2.75, 3.05) is 6.61 Å². The summed E-state index contributed by atoms with van der Waals surface area (Å²) in [7, 11) is 0. The minimum Gasteiger partial charge on any atom is -0.484 e. The molecule has 0 unspecified atom stereocenters. The Labute approximate surface area is 133 Å². The number of para-hydroxylation sites is 1. The highest BCUT2D eigenvalue weighted by Gasteiger charge is 2.05. The van der Waals surface area contributed by atoms with Crippen LogP contribution in [0.2, 0.25) is 0 Å². The van der Waals surface area contributed by atoms with Gasteiger partial charge in [-0.3, -0.25) is 9.78 Å². The maximum atomic E-state index is 11.8. The Morgan fingerprint density at radius 2 is 1.96 bits per heavy atom. The van der Waals surface area contributed by atoms with Gasteiger partial charge in [0.1, 0.15) is 11.4 Å². The van der Waals surface area contributed by atoms with Crippen molar-refractivity contribution in [1.29, 1.82) is 0 Å². The summed E-state index contributed by atoms with van der Waals surface area (Å²) in [5.74, 6) is 1.22. The van der Waals surface area contributed by atoms with Crippen molar-refractivity contribution in [3.8, 4) is 17.2 Å². The van der Waals surface area contributed by atoms with Gasteiger partial charge in [0.2, 0.25) is 0 Å². The summed E-state index contributed by atoms with van der Waals surface area (Å²) < 4.78 is 10.7. The Kier molecular flexibility index (Phi) is 4.69. The second kappa shape index (κ2) is 7.26. The Hall–Kier alpha value is -3.08. The molecule has 0 saturated carbocycles. The predicted molar refractivity (Wildman–Crippen MR) is 85.7 cm³/mol. The van der Waals surface area contributed by atoms with Crippen molar-refractivity contribution in [1.82, 2.24) is 10.3 Å². The monoisotopic (exact) mass is 308 g/mol. The highest BCUT2D eigenvalue weighted by atomic mass is 16.5. The molecule has 0 spiro atoms. The number of nitrogens with zero attached hydrogens (tertiary/aromatic N) is 1. The predicted octanol–water partition coefficient (Wildman–Crippen LogP) is 3.04. The van der Waals surface area contributed by atoms with Crippen LogP contribution in [0.4, 0.5) is 0 Å². The van der Waals surface area contributed by atoms with Crippen LogP contribution in [0, 0.1) is 0 Å². The Balaban J connectivity index is 1.47. The van der Waals surface area contributed by atoms with Crippen LogP contribution >= 0.6 is 0 Å². The fraction of sp³-hybridized carbons (Fsp3) is 0.111. The lowest BCUT2D eigenvalue weighted by molar-refractivity contribution is -0.123. The molecule has 0 fully saturated rings. The number of ether oxygens (including phenoxy) is 1. The fourth-order valence-electron chi connectivity index (χ4n) is 2.02. The third kappa shape index (κ3) is 4.20. The summed E-state index contributed by atoms with van der Waals surface area (Å²) in [6, 6.07) is 16.7. The highest BCUT2D eigenvalue weighted by molar-refractivity contribution is 5.77. The number of amides is 1. The van der Waals surface area contributed by atoms with E-state index in [9.17, 15) is 4.79 Å². The van der Waals surface area contributed by atoms with Crippen LogP contribution in [0.1, 0.15) is 5.56 Å². The second-order valence-electron chi connectivity index (χ2n) is 4.91. The van der Waals surface area contributed by atoms with Crippen molar-refractivity contribution >= 4 is 5.91 Å². The van der Waals surface area contributed by atoms with Crippen LogP contribution in [0.5, 0.6) is 5.75 Å². The van der Waals surface area contributed by atoms with Crippen LogP contribution in [0.3, 0.4) is 0 Å². The van der Waals surface area contributed by atoms with Gasteiger partial charge in [-0.15, -0.1) is 0 Å². The van der Waals surface area contributed by atoms with Gasteiger partial charge < -0.3 is 14.5 Å². The van der Waals surface area contributed by atoms with E-state index < -0.39 is 0 Å². The minimum absolute atomic E-state index is 0.0120. The normalized spacial score (nSPS) is 10.3. The molecule has 5 heteroatoms. The lowest BCUT2D eigenvalue weighted by Crippen LogP contribution is -2.28. The number of carbonyl (C=O) groups excluding carboxylic acids is 1. The van der Waals surface area contributed by atoms with Crippen molar-refractivity contribution < 1.29 is 13.9 Å². The fourth-order valence-corrected chi connectivity index (χ4v) is 2.02. The summed E-state index contributed by atoms with van der Waals surface area (Å²) in [5, 5.41) is 2.80. The number of hydrogen-bond donors (Lipinski definition) is 1. The molecule has 2 aromatic heterocycles. The molecule has 3 rings (SSSR count). The zero-order valence-electron chi connectivity index (χ0n) is 12.4. The summed E-state index contributed by atoms with van der Waals surface area (Å²) in [6.07, 6.45) is 3.33. The van der Waals surface area contributed by atoms with Crippen LogP contribution in [0.15, 0.2) is 71.5 Å². The number of pyridine rings is 1. The smallest absolute Gasteiger partial charge is 0.258 e. The third-order valence-corrected chi connectivity index (χ3v) is 3.20. The molecule has 0 bridgehead atoms. The maximum Gasteiger partial charge on any atom is 0.258 e. The Morgan fingerprint density at radius 1 is 1.09 bits per heavy atom. The summed E-state index contributed by atoms with van der Waals surface area (Å²) >= 11 is 0. The molecule has 0 atom stereocenters. The summed E-state index contributed by atoms with van der Waals surface area (Å²) in [4.78, 5) is 16.1. The zero-order valence-corrected chi connectivity index (χ0v) is 12.4. The minimum atomic E-state index is -0.177. The quantitative estimate of drug-likeness (QED) is 0.760. The molecule has 5 nitrogen and oxygen atoms in total. The van der Waals surface area contributed by atoms with E-state index in [0.717, 1.165) is 17.0 Å². The number of benzene rings is 1. The number of furan rings is 1. The molecule has 0 aliphatic rings. The van der Waals surface area contributed by atoms with E-state index in [1.54, 1.807) is 12.5 Å². The molecule has 1 N–H and O–H groups in total. The molecule has 1 aromatic carbocycles. The lowest BCUT2D eigenvalue weighted by Gasteiger charge is -2.07. The molecule has 1 amide bonds. The number of rotatable bonds is 6. The first-order valence-electron chi connectivity index (χ1n) is 7.24. The van der Waals surface area contributed by atoms with E-state index in [1.165, 1.54) is 0 Å². The number of carbonyl (C=O) groups is 1.